The maximum atomic E-state index is 2.57. The van der Waals surface area contributed by atoms with Gasteiger partial charge >= 0.3 is 0 Å². The third-order valence-electron chi connectivity index (χ3n) is 5.30. The van der Waals surface area contributed by atoms with E-state index in [-0.39, 0.29) is 5.41 Å². The Morgan fingerprint density at radius 1 is 1.00 bits per heavy atom. The molecule has 2 aromatic rings. The number of benzene rings is 2. The van der Waals surface area contributed by atoms with Gasteiger partial charge in [0.2, 0.25) is 0 Å². The summed E-state index contributed by atoms with van der Waals surface area (Å²) in [5.74, 6) is 0. The van der Waals surface area contributed by atoms with Crippen LogP contribution in [0.1, 0.15) is 35.6 Å². The predicted octanol–water partition coefficient (Wildman–Crippen LogP) is 3.95. The Labute approximate surface area is 121 Å². The molecule has 0 amide bonds. The lowest BCUT2D eigenvalue weighted by Crippen LogP contribution is -2.45. The molecule has 0 saturated carbocycles. The van der Waals surface area contributed by atoms with E-state index in [4.69, 9.17) is 0 Å². The molecule has 1 heterocycles. The van der Waals surface area contributed by atoms with Gasteiger partial charge in [0.25, 0.3) is 0 Å². The number of hydrogen-bond acceptors (Lipinski definition) is 1. The van der Waals surface area contributed by atoms with Gasteiger partial charge in [0.05, 0.1) is 0 Å². The fourth-order valence-electron chi connectivity index (χ4n) is 4.53. The maximum absolute atomic E-state index is 2.57. The van der Waals surface area contributed by atoms with Crippen molar-refractivity contribution in [1.29, 1.82) is 0 Å². The highest BCUT2D eigenvalue weighted by Gasteiger charge is 2.50. The molecule has 1 aliphatic heterocycles. The van der Waals surface area contributed by atoms with Crippen molar-refractivity contribution in [3.05, 3.63) is 71.3 Å². The van der Waals surface area contributed by atoms with Crippen LogP contribution in [0.25, 0.3) is 0 Å². The summed E-state index contributed by atoms with van der Waals surface area (Å²) >= 11 is 0. The molecule has 20 heavy (non-hydrogen) atoms. The molecule has 0 aromatic heterocycles. The van der Waals surface area contributed by atoms with E-state index < -0.39 is 0 Å². The zero-order chi connectivity index (χ0) is 13.6. The molecule has 0 N–H and O–H groups in total. The summed E-state index contributed by atoms with van der Waals surface area (Å²) in [6.07, 6.45) is 3.80. The van der Waals surface area contributed by atoms with E-state index in [1.165, 1.54) is 31.4 Å². The summed E-state index contributed by atoms with van der Waals surface area (Å²) in [7, 11) is 2.30. The molecule has 0 radical (unpaired) electrons. The highest BCUT2D eigenvalue weighted by Crippen LogP contribution is 2.54. The van der Waals surface area contributed by atoms with Crippen molar-refractivity contribution in [2.45, 2.75) is 30.7 Å². The van der Waals surface area contributed by atoms with Gasteiger partial charge in [-0.2, -0.15) is 0 Å². The molecular weight excluding hydrogens is 242 g/mol. The average Bonchev–Trinajstić information content (AvgIpc) is 2.85. The molecule has 102 valence electrons. The van der Waals surface area contributed by atoms with Crippen LogP contribution in [0, 0.1) is 0 Å². The van der Waals surface area contributed by atoms with Gasteiger partial charge in [0.1, 0.15) is 0 Å². The zero-order valence-corrected chi connectivity index (χ0v) is 12.0. The van der Waals surface area contributed by atoms with Gasteiger partial charge in [0.15, 0.2) is 0 Å². The molecule has 4 rings (SSSR count). The molecule has 2 unspecified atom stereocenters. The third-order valence-corrected chi connectivity index (χ3v) is 5.30. The minimum atomic E-state index is 0.290. The first-order chi connectivity index (χ1) is 9.81. The fourth-order valence-corrected chi connectivity index (χ4v) is 4.53. The van der Waals surface area contributed by atoms with Crippen LogP contribution in [0.3, 0.4) is 0 Å². The molecule has 1 fully saturated rings. The molecule has 2 aliphatic rings. The van der Waals surface area contributed by atoms with Crippen LogP contribution < -0.4 is 0 Å². The lowest BCUT2D eigenvalue weighted by Gasteiger charge is -2.46. The normalized spacial score (nSPS) is 28.9. The Hall–Kier alpha value is -1.60. The summed E-state index contributed by atoms with van der Waals surface area (Å²) in [5.41, 5.74) is 4.92. The van der Waals surface area contributed by atoms with Crippen LogP contribution in [0.4, 0.5) is 0 Å². The first-order valence-electron chi connectivity index (χ1n) is 7.65. The van der Waals surface area contributed by atoms with Crippen LogP contribution in [-0.4, -0.2) is 18.5 Å². The molecule has 0 spiro atoms. The average molecular weight is 263 g/mol. The molecule has 1 nitrogen and oxygen atoms in total. The second-order valence-corrected chi connectivity index (χ2v) is 6.38. The van der Waals surface area contributed by atoms with Gasteiger partial charge < -0.3 is 0 Å². The summed E-state index contributed by atoms with van der Waals surface area (Å²) in [6, 6.07) is 20.8. The molecule has 2 aromatic carbocycles. The van der Waals surface area contributed by atoms with Crippen LogP contribution in [0.5, 0.6) is 0 Å². The van der Waals surface area contributed by atoms with Crippen molar-refractivity contribution in [3.8, 4) is 0 Å². The van der Waals surface area contributed by atoms with Crippen LogP contribution in [-0.2, 0) is 11.8 Å². The minimum absolute atomic E-state index is 0.290. The van der Waals surface area contributed by atoms with E-state index in [1.54, 1.807) is 11.1 Å². The smallest absolute Gasteiger partial charge is 0.0447 e. The monoisotopic (exact) mass is 263 g/mol. The molecule has 0 bridgehead atoms. The largest absolute Gasteiger partial charge is 0.298 e. The zero-order valence-electron chi connectivity index (χ0n) is 12.0. The second kappa shape index (κ2) is 4.46. The van der Waals surface area contributed by atoms with Crippen LogP contribution in [0.2, 0.25) is 0 Å². The highest BCUT2D eigenvalue weighted by atomic mass is 15.2. The standard InChI is InChI=1S/C19H21N/c1-20-13-7-12-19(16-9-3-2-4-10-16)14-15-8-5-6-11-17(15)18(19)20/h2-6,8-11,18H,7,12-14H2,1H3. The Morgan fingerprint density at radius 3 is 2.60 bits per heavy atom. The fraction of sp³-hybridized carbons (Fsp3) is 0.368. The van der Waals surface area contributed by atoms with E-state index in [2.05, 4.69) is 66.5 Å². The molecule has 1 aliphatic carbocycles. The minimum Gasteiger partial charge on any atom is -0.298 e. The van der Waals surface area contributed by atoms with E-state index in [1.807, 2.05) is 0 Å². The van der Waals surface area contributed by atoms with Crippen molar-refractivity contribution in [3.63, 3.8) is 0 Å². The second-order valence-electron chi connectivity index (χ2n) is 6.38. The number of fused-ring (bicyclic) bond motifs is 3. The van der Waals surface area contributed by atoms with Crippen molar-refractivity contribution < 1.29 is 0 Å². The first-order valence-corrected chi connectivity index (χ1v) is 7.65. The van der Waals surface area contributed by atoms with Gasteiger partial charge in [-0.25, -0.2) is 0 Å². The first kappa shape index (κ1) is 12.2. The summed E-state index contributed by atoms with van der Waals surface area (Å²) in [6.45, 7) is 1.22. The van der Waals surface area contributed by atoms with Gasteiger partial charge in [-0.1, -0.05) is 54.6 Å². The number of piperidine rings is 1. The number of likely N-dealkylation sites (tertiary alicyclic amines) is 1. The van der Waals surface area contributed by atoms with Crippen molar-refractivity contribution in [2.75, 3.05) is 13.6 Å². The molecule has 2 atom stereocenters. The number of likely N-dealkylation sites (N-methyl/N-ethyl adjacent to an activating group) is 1. The maximum Gasteiger partial charge on any atom is 0.0447 e. The molecular formula is C19H21N. The lowest BCUT2D eigenvalue weighted by molar-refractivity contribution is 0.103. The van der Waals surface area contributed by atoms with Crippen LogP contribution in [0.15, 0.2) is 54.6 Å². The molecule has 1 saturated heterocycles. The van der Waals surface area contributed by atoms with E-state index in [0.29, 0.717) is 6.04 Å². The van der Waals surface area contributed by atoms with E-state index in [9.17, 15) is 0 Å². The topological polar surface area (TPSA) is 3.24 Å². The molecule has 1 heteroatoms. The highest BCUT2D eigenvalue weighted by molar-refractivity contribution is 5.46. The predicted molar refractivity (Wildman–Crippen MR) is 82.9 cm³/mol. The van der Waals surface area contributed by atoms with Crippen molar-refractivity contribution >= 4 is 0 Å². The van der Waals surface area contributed by atoms with Gasteiger partial charge in [-0.3, -0.25) is 4.90 Å². The SMILES string of the molecule is CN1CCCC2(c3ccccc3)Cc3ccccc3C12. The third kappa shape index (κ3) is 1.59. The van der Waals surface area contributed by atoms with Crippen molar-refractivity contribution in [1.82, 2.24) is 4.90 Å². The van der Waals surface area contributed by atoms with Crippen molar-refractivity contribution in [2.24, 2.45) is 0 Å². The van der Waals surface area contributed by atoms with Gasteiger partial charge in [0, 0.05) is 11.5 Å². The summed E-state index contributed by atoms with van der Waals surface area (Å²) in [4.78, 5) is 2.57. The Morgan fingerprint density at radius 2 is 1.75 bits per heavy atom. The van der Waals surface area contributed by atoms with E-state index >= 15 is 0 Å². The number of rotatable bonds is 1. The number of nitrogens with zero attached hydrogens (tertiary/aromatic N) is 1. The van der Waals surface area contributed by atoms with Crippen LogP contribution >= 0.6 is 0 Å². The summed E-state index contributed by atoms with van der Waals surface area (Å²) < 4.78 is 0. The van der Waals surface area contributed by atoms with Gasteiger partial charge in [-0.15, -0.1) is 0 Å². The lowest BCUT2D eigenvalue weighted by atomic mass is 9.69. The van der Waals surface area contributed by atoms with Gasteiger partial charge in [-0.05, 0) is 49.5 Å². The number of hydrogen-bond donors (Lipinski definition) is 0. The Kier molecular flexibility index (Phi) is 2.71. The summed E-state index contributed by atoms with van der Waals surface area (Å²) in [5, 5.41) is 0. The van der Waals surface area contributed by atoms with E-state index in [0.717, 1.165) is 0 Å². The Bertz CT molecular complexity index is 619. The quantitative estimate of drug-likeness (QED) is 0.753. The Balaban J connectivity index is 1.90.